The van der Waals surface area contributed by atoms with Crippen LogP contribution in [0.2, 0.25) is 0 Å². The molecule has 0 aliphatic rings. The van der Waals surface area contributed by atoms with Crippen molar-refractivity contribution in [1.29, 1.82) is 0 Å². The largest absolute Gasteiger partial charge is 0.378 e. The SMILES string of the molecule is C=CC(/C=C/COCC)=C\C=C/C. The van der Waals surface area contributed by atoms with E-state index in [1.807, 2.05) is 50.3 Å². The maximum atomic E-state index is 5.17. The van der Waals surface area contributed by atoms with Gasteiger partial charge in [0.25, 0.3) is 0 Å². The van der Waals surface area contributed by atoms with E-state index in [-0.39, 0.29) is 0 Å². The first-order valence-corrected chi connectivity index (χ1v) is 4.54. The maximum absolute atomic E-state index is 5.17. The van der Waals surface area contributed by atoms with Crippen molar-refractivity contribution >= 4 is 0 Å². The van der Waals surface area contributed by atoms with Crippen LogP contribution in [0, 0.1) is 0 Å². The highest BCUT2D eigenvalue weighted by Gasteiger charge is 1.81. The zero-order chi connectivity index (χ0) is 9.94. The monoisotopic (exact) mass is 178 g/mol. The first-order valence-electron chi connectivity index (χ1n) is 4.54. The highest BCUT2D eigenvalue weighted by Crippen LogP contribution is 1.98. The summed E-state index contributed by atoms with van der Waals surface area (Å²) < 4.78 is 5.17. The van der Waals surface area contributed by atoms with Crippen LogP contribution in [0.25, 0.3) is 0 Å². The number of allylic oxidation sites excluding steroid dienone is 6. The van der Waals surface area contributed by atoms with Gasteiger partial charge in [-0.05, 0) is 19.4 Å². The van der Waals surface area contributed by atoms with Crippen LogP contribution in [-0.4, -0.2) is 13.2 Å². The first kappa shape index (κ1) is 11.9. The Balaban J connectivity index is 3.96. The minimum atomic E-state index is 0.664. The number of hydrogen-bond donors (Lipinski definition) is 0. The van der Waals surface area contributed by atoms with Gasteiger partial charge in [-0.1, -0.05) is 43.0 Å². The van der Waals surface area contributed by atoms with E-state index in [0.29, 0.717) is 6.61 Å². The Morgan fingerprint density at radius 2 is 2.23 bits per heavy atom. The lowest BCUT2D eigenvalue weighted by Gasteiger charge is -1.93. The van der Waals surface area contributed by atoms with Crippen molar-refractivity contribution in [2.24, 2.45) is 0 Å². The molecule has 13 heavy (non-hydrogen) atoms. The van der Waals surface area contributed by atoms with Gasteiger partial charge in [-0.2, -0.15) is 0 Å². The molecule has 0 radical (unpaired) electrons. The lowest BCUT2D eigenvalue weighted by atomic mass is 10.2. The Morgan fingerprint density at radius 3 is 2.77 bits per heavy atom. The molecule has 0 spiro atoms. The molecule has 0 saturated carbocycles. The van der Waals surface area contributed by atoms with Crippen LogP contribution < -0.4 is 0 Å². The highest BCUT2D eigenvalue weighted by atomic mass is 16.5. The van der Waals surface area contributed by atoms with Gasteiger partial charge in [-0.15, -0.1) is 0 Å². The molecule has 0 aromatic carbocycles. The van der Waals surface area contributed by atoms with Crippen LogP contribution in [-0.2, 0) is 4.74 Å². The third-order valence-corrected chi connectivity index (χ3v) is 1.45. The summed E-state index contributed by atoms with van der Waals surface area (Å²) in [5, 5.41) is 0. The Labute approximate surface area is 81.1 Å². The van der Waals surface area contributed by atoms with Gasteiger partial charge in [0.2, 0.25) is 0 Å². The predicted octanol–water partition coefficient (Wildman–Crippen LogP) is 3.27. The van der Waals surface area contributed by atoms with Crippen molar-refractivity contribution in [2.45, 2.75) is 13.8 Å². The second-order valence-corrected chi connectivity index (χ2v) is 2.46. The van der Waals surface area contributed by atoms with Crippen LogP contribution in [0.1, 0.15) is 13.8 Å². The smallest absolute Gasteiger partial charge is 0.0650 e. The number of rotatable bonds is 6. The minimum Gasteiger partial charge on any atom is -0.378 e. The fourth-order valence-corrected chi connectivity index (χ4v) is 0.769. The average Bonchev–Trinajstić information content (AvgIpc) is 2.17. The number of ether oxygens (including phenoxy) is 1. The summed E-state index contributed by atoms with van der Waals surface area (Å²) in [7, 11) is 0. The van der Waals surface area contributed by atoms with E-state index in [1.54, 1.807) is 0 Å². The Hall–Kier alpha value is -1.08. The van der Waals surface area contributed by atoms with E-state index in [9.17, 15) is 0 Å². The number of hydrogen-bond acceptors (Lipinski definition) is 1. The first-order chi connectivity index (χ1) is 6.35. The van der Waals surface area contributed by atoms with Gasteiger partial charge in [0.05, 0.1) is 6.61 Å². The molecule has 72 valence electrons. The van der Waals surface area contributed by atoms with Gasteiger partial charge in [-0.25, -0.2) is 0 Å². The van der Waals surface area contributed by atoms with E-state index in [0.717, 1.165) is 12.2 Å². The predicted molar refractivity (Wildman–Crippen MR) is 58.7 cm³/mol. The summed E-state index contributed by atoms with van der Waals surface area (Å²) >= 11 is 0. The fourth-order valence-electron chi connectivity index (χ4n) is 0.769. The summed E-state index contributed by atoms with van der Waals surface area (Å²) in [6.07, 6.45) is 11.8. The molecular weight excluding hydrogens is 160 g/mol. The molecule has 0 rings (SSSR count). The molecular formula is C12H18O. The van der Waals surface area contributed by atoms with Crippen LogP contribution in [0.15, 0.2) is 48.6 Å². The van der Waals surface area contributed by atoms with Gasteiger partial charge in [0.1, 0.15) is 0 Å². The fraction of sp³-hybridized carbons (Fsp3) is 0.333. The molecule has 1 heteroatoms. The standard InChI is InChI=1S/C12H18O/c1-4-7-9-12(5-2)10-8-11-13-6-3/h4-5,7-10H,2,6,11H2,1,3H3/b7-4-,10-8+,12-9+. The molecule has 0 unspecified atom stereocenters. The second-order valence-electron chi connectivity index (χ2n) is 2.46. The zero-order valence-corrected chi connectivity index (χ0v) is 8.49. The second kappa shape index (κ2) is 9.01. The summed E-state index contributed by atoms with van der Waals surface area (Å²) in [6.45, 7) is 9.11. The van der Waals surface area contributed by atoms with Crippen molar-refractivity contribution in [3.63, 3.8) is 0 Å². The molecule has 0 saturated heterocycles. The van der Waals surface area contributed by atoms with E-state index in [4.69, 9.17) is 4.74 Å². The summed E-state index contributed by atoms with van der Waals surface area (Å²) in [4.78, 5) is 0. The normalized spacial score (nSPS) is 12.9. The molecule has 0 fully saturated rings. The van der Waals surface area contributed by atoms with Crippen molar-refractivity contribution in [3.05, 3.63) is 48.6 Å². The van der Waals surface area contributed by atoms with Crippen LogP contribution in [0.4, 0.5) is 0 Å². The molecule has 0 aliphatic heterocycles. The van der Waals surface area contributed by atoms with Gasteiger partial charge < -0.3 is 4.74 Å². The van der Waals surface area contributed by atoms with Crippen LogP contribution >= 0.6 is 0 Å². The maximum Gasteiger partial charge on any atom is 0.0650 e. The molecule has 0 amide bonds. The molecule has 0 atom stereocenters. The van der Waals surface area contributed by atoms with Gasteiger partial charge in [0.15, 0.2) is 0 Å². The molecule has 0 aromatic rings. The molecule has 0 aliphatic carbocycles. The van der Waals surface area contributed by atoms with Gasteiger partial charge in [-0.3, -0.25) is 0 Å². The minimum absolute atomic E-state index is 0.664. The average molecular weight is 178 g/mol. The lowest BCUT2D eigenvalue weighted by molar-refractivity contribution is 0.177. The van der Waals surface area contributed by atoms with E-state index in [1.165, 1.54) is 0 Å². The molecule has 0 N–H and O–H groups in total. The van der Waals surface area contributed by atoms with Crippen molar-refractivity contribution < 1.29 is 4.74 Å². The van der Waals surface area contributed by atoms with E-state index < -0.39 is 0 Å². The van der Waals surface area contributed by atoms with Crippen molar-refractivity contribution in [3.8, 4) is 0 Å². The van der Waals surface area contributed by atoms with Crippen LogP contribution in [0.3, 0.4) is 0 Å². The van der Waals surface area contributed by atoms with Crippen molar-refractivity contribution in [1.82, 2.24) is 0 Å². The topological polar surface area (TPSA) is 9.23 Å². The third-order valence-electron chi connectivity index (χ3n) is 1.45. The van der Waals surface area contributed by atoms with Crippen molar-refractivity contribution in [2.75, 3.05) is 13.2 Å². The highest BCUT2D eigenvalue weighted by molar-refractivity contribution is 5.32. The summed E-state index contributed by atoms with van der Waals surface area (Å²) in [6, 6.07) is 0. The third kappa shape index (κ3) is 7.29. The molecule has 0 aromatic heterocycles. The quantitative estimate of drug-likeness (QED) is 0.448. The molecule has 0 heterocycles. The summed E-state index contributed by atoms with van der Waals surface area (Å²) in [5.74, 6) is 0. The molecule has 1 nitrogen and oxygen atoms in total. The van der Waals surface area contributed by atoms with E-state index >= 15 is 0 Å². The lowest BCUT2D eigenvalue weighted by Crippen LogP contribution is -1.87. The van der Waals surface area contributed by atoms with Gasteiger partial charge >= 0.3 is 0 Å². The Morgan fingerprint density at radius 1 is 1.46 bits per heavy atom. The Kier molecular flexibility index (Phi) is 8.26. The van der Waals surface area contributed by atoms with Gasteiger partial charge in [0, 0.05) is 6.61 Å². The zero-order valence-electron chi connectivity index (χ0n) is 8.49. The molecule has 0 bridgehead atoms. The van der Waals surface area contributed by atoms with Crippen LogP contribution in [0.5, 0.6) is 0 Å². The Bertz CT molecular complexity index is 209. The van der Waals surface area contributed by atoms with E-state index in [2.05, 4.69) is 6.58 Å². The summed E-state index contributed by atoms with van der Waals surface area (Å²) in [5.41, 5.74) is 1.10.